The monoisotopic (exact) mass is 421 g/mol. The van der Waals surface area contributed by atoms with E-state index in [0.717, 1.165) is 36.8 Å². The molecular weight excluding hydrogens is 398 g/mol. The van der Waals surface area contributed by atoms with Crippen LogP contribution in [0.1, 0.15) is 63.6 Å². The van der Waals surface area contributed by atoms with Crippen molar-refractivity contribution in [3.63, 3.8) is 0 Å². The fourth-order valence-electron chi connectivity index (χ4n) is 3.62. The number of hydrogen-bond acceptors (Lipinski definition) is 6. The van der Waals surface area contributed by atoms with Crippen LogP contribution in [-0.4, -0.2) is 24.6 Å². The lowest BCUT2D eigenvalue weighted by Crippen LogP contribution is -2.09. The number of rotatable bonds is 6. The normalized spacial score (nSPS) is 13.4. The second kappa shape index (κ2) is 8.79. The molecule has 2 aromatic heterocycles. The van der Waals surface area contributed by atoms with Gasteiger partial charge in [0.15, 0.2) is 5.78 Å². The number of Topliss-reactive ketones (excluding diaryl/α,β-unsaturated/α-hetero) is 1. The van der Waals surface area contributed by atoms with E-state index in [2.05, 4.69) is 4.99 Å². The molecule has 0 saturated heterocycles. The molecular formula is C24H23NO4S. The summed E-state index contributed by atoms with van der Waals surface area (Å²) in [5.74, 6) is 1.03. The highest BCUT2D eigenvalue weighted by Crippen LogP contribution is 2.40. The highest BCUT2D eigenvalue weighted by atomic mass is 32.1. The molecule has 6 heteroatoms. The van der Waals surface area contributed by atoms with Gasteiger partial charge in [-0.1, -0.05) is 24.3 Å². The number of carbonyl (C=O) groups is 2. The summed E-state index contributed by atoms with van der Waals surface area (Å²) in [6.45, 7) is 3.70. The smallest absolute Gasteiger partial charge is 0.341 e. The van der Waals surface area contributed by atoms with Gasteiger partial charge >= 0.3 is 5.97 Å². The number of esters is 1. The molecule has 4 rings (SSSR count). The Morgan fingerprint density at radius 1 is 1.13 bits per heavy atom. The minimum atomic E-state index is -0.297. The largest absolute Gasteiger partial charge is 0.462 e. The number of furan rings is 1. The zero-order valence-electron chi connectivity index (χ0n) is 17.1. The third kappa shape index (κ3) is 4.14. The van der Waals surface area contributed by atoms with E-state index in [1.807, 2.05) is 31.2 Å². The maximum absolute atomic E-state index is 12.5. The lowest BCUT2D eigenvalue weighted by Gasteiger charge is -2.11. The summed E-state index contributed by atoms with van der Waals surface area (Å²) in [4.78, 5) is 29.8. The summed E-state index contributed by atoms with van der Waals surface area (Å²) in [6.07, 6.45) is 5.76. The van der Waals surface area contributed by atoms with Crippen LogP contribution in [0.3, 0.4) is 0 Å². The van der Waals surface area contributed by atoms with Crippen molar-refractivity contribution in [1.82, 2.24) is 0 Å². The summed E-state index contributed by atoms with van der Waals surface area (Å²) in [6, 6.07) is 11.0. The van der Waals surface area contributed by atoms with Gasteiger partial charge in [-0.05, 0) is 57.2 Å². The molecule has 0 aliphatic heterocycles. The lowest BCUT2D eigenvalue weighted by atomic mass is 9.95. The van der Waals surface area contributed by atoms with Crippen molar-refractivity contribution < 1.29 is 18.7 Å². The quantitative estimate of drug-likeness (QED) is 0.277. The molecule has 1 aliphatic carbocycles. The standard InChI is InChI=1S/C24H23NO4S/c1-3-28-24(27)22-19-6-4-5-7-21(19)30-23(22)25-14-18-12-13-20(29-18)17-10-8-16(9-11-17)15(2)26/h8-14H,3-7H2,1-2H3. The molecule has 154 valence electrons. The van der Waals surface area contributed by atoms with Crippen LogP contribution in [0.15, 0.2) is 45.8 Å². The number of nitrogens with zero attached hydrogens (tertiary/aromatic N) is 1. The predicted molar refractivity (Wildman–Crippen MR) is 118 cm³/mol. The maximum atomic E-state index is 12.5. The first-order chi connectivity index (χ1) is 14.6. The van der Waals surface area contributed by atoms with Gasteiger partial charge in [0.1, 0.15) is 16.5 Å². The summed E-state index contributed by atoms with van der Waals surface area (Å²) in [5, 5.41) is 0.684. The van der Waals surface area contributed by atoms with E-state index in [4.69, 9.17) is 9.15 Å². The van der Waals surface area contributed by atoms with Crippen molar-refractivity contribution in [3.05, 3.63) is 63.7 Å². The fraction of sp³-hybridized carbons (Fsp3) is 0.292. The van der Waals surface area contributed by atoms with E-state index in [-0.39, 0.29) is 11.8 Å². The average molecular weight is 422 g/mol. The Hall–Kier alpha value is -2.99. The first kappa shape index (κ1) is 20.3. The van der Waals surface area contributed by atoms with E-state index in [0.29, 0.717) is 34.3 Å². The van der Waals surface area contributed by atoms with Gasteiger partial charge in [0.05, 0.1) is 18.4 Å². The topological polar surface area (TPSA) is 68.9 Å². The van der Waals surface area contributed by atoms with Gasteiger partial charge in [0.25, 0.3) is 0 Å². The zero-order valence-corrected chi connectivity index (χ0v) is 17.9. The Kier molecular flexibility index (Phi) is 5.95. The molecule has 5 nitrogen and oxygen atoms in total. The molecule has 0 saturated carbocycles. The molecule has 1 aromatic carbocycles. The van der Waals surface area contributed by atoms with E-state index in [1.54, 1.807) is 36.6 Å². The molecule has 0 atom stereocenters. The highest BCUT2D eigenvalue weighted by Gasteiger charge is 2.26. The Morgan fingerprint density at radius 2 is 1.90 bits per heavy atom. The number of ketones is 1. The number of ether oxygens (including phenoxy) is 1. The number of benzene rings is 1. The van der Waals surface area contributed by atoms with Crippen molar-refractivity contribution in [3.8, 4) is 11.3 Å². The van der Waals surface area contributed by atoms with E-state index >= 15 is 0 Å². The minimum Gasteiger partial charge on any atom is -0.462 e. The number of aryl methyl sites for hydroxylation is 1. The van der Waals surface area contributed by atoms with Gasteiger partial charge in [-0.15, -0.1) is 11.3 Å². The number of fused-ring (bicyclic) bond motifs is 1. The SMILES string of the molecule is CCOC(=O)c1c(N=Cc2ccc(-c3ccc(C(C)=O)cc3)o2)sc2c1CCCC2. The van der Waals surface area contributed by atoms with Crippen LogP contribution in [0.25, 0.3) is 11.3 Å². The highest BCUT2D eigenvalue weighted by molar-refractivity contribution is 7.16. The van der Waals surface area contributed by atoms with Gasteiger partial charge < -0.3 is 9.15 Å². The van der Waals surface area contributed by atoms with Crippen molar-refractivity contribution in [2.45, 2.75) is 39.5 Å². The second-order valence-electron chi connectivity index (χ2n) is 7.21. The minimum absolute atomic E-state index is 0.0323. The Balaban J connectivity index is 1.59. The summed E-state index contributed by atoms with van der Waals surface area (Å²) >= 11 is 1.57. The first-order valence-corrected chi connectivity index (χ1v) is 11.0. The van der Waals surface area contributed by atoms with Crippen molar-refractivity contribution in [1.29, 1.82) is 0 Å². The lowest BCUT2D eigenvalue weighted by molar-refractivity contribution is 0.0526. The van der Waals surface area contributed by atoms with Crippen LogP contribution in [0.2, 0.25) is 0 Å². The predicted octanol–water partition coefficient (Wildman–Crippen LogP) is 6.02. The summed E-state index contributed by atoms with van der Waals surface area (Å²) < 4.78 is 11.2. The molecule has 30 heavy (non-hydrogen) atoms. The molecule has 0 amide bonds. The third-order valence-electron chi connectivity index (χ3n) is 5.14. The van der Waals surface area contributed by atoms with E-state index < -0.39 is 0 Å². The number of thiophene rings is 1. The Bertz CT molecular complexity index is 1100. The molecule has 0 radical (unpaired) electrons. The van der Waals surface area contributed by atoms with E-state index in [1.165, 1.54) is 4.88 Å². The Labute approximate surface area is 179 Å². The van der Waals surface area contributed by atoms with Gasteiger partial charge in [0.2, 0.25) is 0 Å². The summed E-state index contributed by atoms with van der Waals surface area (Å²) in [7, 11) is 0. The van der Waals surface area contributed by atoms with Crippen molar-refractivity contribution in [2.24, 2.45) is 4.99 Å². The number of hydrogen-bond donors (Lipinski definition) is 0. The molecule has 3 aromatic rings. The molecule has 0 fully saturated rings. The molecule has 2 heterocycles. The Morgan fingerprint density at radius 3 is 2.63 bits per heavy atom. The second-order valence-corrected chi connectivity index (χ2v) is 8.29. The summed E-state index contributed by atoms with van der Waals surface area (Å²) in [5.41, 5.74) is 3.26. The molecule has 0 unspecified atom stereocenters. The van der Waals surface area contributed by atoms with Gasteiger partial charge in [-0.3, -0.25) is 4.79 Å². The first-order valence-electron chi connectivity index (χ1n) is 10.1. The number of aliphatic imine (C=N–C) groups is 1. The van der Waals surface area contributed by atoms with E-state index in [9.17, 15) is 9.59 Å². The molecule has 0 bridgehead atoms. The molecule has 0 spiro atoms. The van der Waals surface area contributed by atoms with Crippen molar-refractivity contribution >= 4 is 34.3 Å². The number of carbonyl (C=O) groups excluding carboxylic acids is 2. The van der Waals surface area contributed by atoms with Gasteiger partial charge in [-0.2, -0.15) is 0 Å². The van der Waals surface area contributed by atoms with Crippen LogP contribution in [0, 0.1) is 0 Å². The van der Waals surface area contributed by atoms with Crippen LogP contribution in [-0.2, 0) is 17.6 Å². The molecule has 1 aliphatic rings. The third-order valence-corrected chi connectivity index (χ3v) is 6.34. The van der Waals surface area contributed by atoms with Crippen LogP contribution >= 0.6 is 11.3 Å². The zero-order chi connectivity index (χ0) is 21.1. The van der Waals surface area contributed by atoms with Crippen molar-refractivity contribution in [2.75, 3.05) is 6.61 Å². The fourth-order valence-corrected chi connectivity index (χ4v) is 4.85. The van der Waals surface area contributed by atoms with Gasteiger partial charge in [-0.25, -0.2) is 9.79 Å². The van der Waals surface area contributed by atoms with Crippen LogP contribution in [0.5, 0.6) is 0 Å². The maximum Gasteiger partial charge on any atom is 0.341 e. The van der Waals surface area contributed by atoms with Crippen LogP contribution in [0.4, 0.5) is 5.00 Å². The average Bonchev–Trinajstić information content (AvgIpc) is 3.37. The molecule has 0 N–H and O–H groups in total. The van der Waals surface area contributed by atoms with Gasteiger partial charge in [0, 0.05) is 16.0 Å². The van der Waals surface area contributed by atoms with Crippen LogP contribution < -0.4 is 0 Å².